The largest absolute Gasteiger partial charge is 0.469 e. The van der Waals surface area contributed by atoms with E-state index in [-0.39, 0.29) is 6.42 Å². The number of aliphatic hydroxyl groups is 1. The molecule has 0 bridgehead atoms. The Balaban J connectivity index is 3.02. The molecule has 0 spiro atoms. The fraction of sp³-hybridized carbons (Fsp3) is 0.500. The molecule has 20 heavy (non-hydrogen) atoms. The van der Waals surface area contributed by atoms with E-state index in [1.807, 2.05) is 0 Å². The van der Waals surface area contributed by atoms with Crippen LogP contribution >= 0.6 is 0 Å². The minimum absolute atomic E-state index is 0.108. The number of carbonyl (C=O) groups excluding carboxylic acids is 1. The summed E-state index contributed by atoms with van der Waals surface area (Å²) in [6, 6.07) is 8.57. The molecule has 1 aromatic carbocycles. The van der Waals surface area contributed by atoms with Crippen LogP contribution in [0, 0.1) is 16.0 Å². The summed E-state index contributed by atoms with van der Waals surface area (Å²) >= 11 is 0. The van der Waals surface area contributed by atoms with Crippen molar-refractivity contribution < 1.29 is 19.6 Å². The van der Waals surface area contributed by atoms with Gasteiger partial charge >= 0.3 is 5.97 Å². The monoisotopic (exact) mass is 281 g/mol. The van der Waals surface area contributed by atoms with Crippen LogP contribution in [0.5, 0.6) is 0 Å². The van der Waals surface area contributed by atoms with Gasteiger partial charge in [-0.05, 0) is 5.56 Å². The van der Waals surface area contributed by atoms with Gasteiger partial charge < -0.3 is 9.84 Å². The molecule has 0 fully saturated rings. The first-order chi connectivity index (χ1) is 9.29. The SMILES string of the molecule is COC(=O)C(CC(C)(C)[N+](=O)[O-])C(O)c1ccccc1. The lowest BCUT2D eigenvalue weighted by atomic mass is 9.85. The van der Waals surface area contributed by atoms with Gasteiger partial charge in [0, 0.05) is 25.2 Å². The molecular weight excluding hydrogens is 262 g/mol. The zero-order valence-corrected chi connectivity index (χ0v) is 11.8. The lowest BCUT2D eigenvalue weighted by Crippen LogP contribution is -2.38. The normalized spacial score (nSPS) is 14.4. The molecule has 0 amide bonds. The summed E-state index contributed by atoms with van der Waals surface area (Å²) in [5.74, 6) is -1.64. The number of carbonyl (C=O) groups is 1. The Morgan fingerprint density at radius 2 is 1.95 bits per heavy atom. The third-order valence-corrected chi connectivity index (χ3v) is 3.24. The summed E-state index contributed by atoms with van der Waals surface area (Å²) in [6.45, 7) is 2.83. The van der Waals surface area contributed by atoms with Crippen molar-refractivity contribution in [1.29, 1.82) is 0 Å². The first-order valence-corrected chi connectivity index (χ1v) is 6.25. The molecule has 2 atom stereocenters. The predicted molar refractivity (Wildman–Crippen MR) is 72.6 cm³/mol. The Labute approximate surface area is 117 Å². The van der Waals surface area contributed by atoms with E-state index >= 15 is 0 Å². The van der Waals surface area contributed by atoms with Crippen LogP contribution in [0.3, 0.4) is 0 Å². The minimum atomic E-state index is -1.32. The van der Waals surface area contributed by atoms with Crippen molar-refractivity contribution in [2.45, 2.75) is 31.9 Å². The second-order valence-corrected chi connectivity index (χ2v) is 5.26. The maximum absolute atomic E-state index is 11.8. The Morgan fingerprint density at radius 3 is 2.40 bits per heavy atom. The van der Waals surface area contributed by atoms with Crippen molar-refractivity contribution in [3.8, 4) is 0 Å². The Hall–Kier alpha value is -1.95. The highest BCUT2D eigenvalue weighted by Crippen LogP contribution is 2.31. The molecule has 0 aliphatic heterocycles. The van der Waals surface area contributed by atoms with E-state index in [0.29, 0.717) is 5.56 Å². The summed E-state index contributed by atoms with van der Waals surface area (Å²) in [6.07, 6.45) is -1.24. The van der Waals surface area contributed by atoms with Crippen LogP contribution in [0.25, 0.3) is 0 Å². The molecule has 0 aliphatic rings. The van der Waals surface area contributed by atoms with Gasteiger partial charge in [0.15, 0.2) is 0 Å². The number of ether oxygens (including phenoxy) is 1. The van der Waals surface area contributed by atoms with Crippen molar-refractivity contribution in [2.75, 3.05) is 7.11 Å². The average Bonchev–Trinajstić information content (AvgIpc) is 2.44. The highest BCUT2D eigenvalue weighted by atomic mass is 16.6. The molecule has 6 heteroatoms. The van der Waals surface area contributed by atoms with Crippen LogP contribution in [0.1, 0.15) is 31.9 Å². The summed E-state index contributed by atoms with van der Waals surface area (Å²) in [5, 5.41) is 21.3. The fourth-order valence-corrected chi connectivity index (χ4v) is 1.97. The van der Waals surface area contributed by atoms with Crippen molar-refractivity contribution in [3.05, 3.63) is 46.0 Å². The summed E-state index contributed by atoms with van der Waals surface area (Å²) in [7, 11) is 1.20. The standard InChI is InChI=1S/C14H19NO5/c1-14(2,15(18)19)9-11(13(17)20-3)12(16)10-7-5-4-6-8-10/h4-8,11-12,16H,9H2,1-3H3. The molecule has 0 heterocycles. The maximum Gasteiger partial charge on any atom is 0.311 e. The molecule has 0 aromatic heterocycles. The second kappa shape index (κ2) is 6.47. The van der Waals surface area contributed by atoms with Gasteiger partial charge in [0.2, 0.25) is 5.54 Å². The third kappa shape index (κ3) is 3.77. The van der Waals surface area contributed by atoms with Gasteiger partial charge in [-0.1, -0.05) is 30.3 Å². The van der Waals surface area contributed by atoms with Crippen molar-refractivity contribution >= 4 is 5.97 Å². The molecule has 0 aliphatic carbocycles. The van der Waals surface area contributed by atoms with Gasteiger partial charge in [0.05, 0.1) is 19.1 Å². The zero-order chi connectivity index (χ0) is 15.3. The average molecular weight is 281 g/mol. The fourth-order valence-electron chi connectivity index (χ4n) is 1.97. The predicted octanol–water partition coefficient (Wildman–Crippen LogP) is 1.95. The number of nitro groups is 1. The molecule has 110 valence electrons. The van der Waals surface area contributed by atoms with Crippen molar-refractivity contribution in [2.24, 2.45) is 5.92 Å². The maximum atomic E-state index is 11.8. The molecule has 0 saturated carbocycles. The number of benzene rings is 1. The van der Waals surface area contributed by atoms with E-state index < -0.39 is 28.5 Å². The second-order valence-electron chi connectivity index (χ2n) is 5.26. The van der Waals surface area contributed by atoms with E-state index in [0.717, 1.165) is 0 Å². The van der Waals surface area contributed by atoms with Crippen LogP contribution in [-0.2, 0) is 9.53 Å². The molecule has 1 rings (SSSR count). The van der Waals surface area contributed by atoms with Crippen LogP contribution in [0.15, 0.2) is 30.3 Å². The van der Waals surface area contributed by atoms with Gasteiger partial charge in [0.25, 0.3) is 0 Å². The lowest BCUT2D eigenvalue weighted by Gasteiger charge is -2.25. The molecule has 1 N–H and O–H groups in total. The van der Waals surface area contributed by atoms with E-state index in [1.54, 1.807) is 30.3 Å². The molecule has 2 unspecified atom stereocenters. The first kappa shape index (κ1) is 16.1. The summed E-state index contributed by atoms with van der Waals surface area (Å²) in [5.41, 5.74) is -0.795. The van der Waals surface area contributed by atoms with Crippen LogP contribution < -0.4 is 0 Å². The molecule has 0 radical (unpaired) electrons. The molecular formula is C14H19NO5. The summed E-state index contributed by atoms with van der Waals surface area (Å²) in [4.78, 5) is 22.4. The molecule has 1 aromatic rings. The Bertz CT molecular complexity index is 472. The summed E-state index contributed by atoms with van der Waals surface area (Å²) < 4.78 is 4.66. The number of methoxy groups -OCH3 is 1. The van der Waals surface area contributed by atoms with Gasteiger partial charge in [-0.3, -0.25) is 14.9 Å². The van der Waals surface area contributed by atoms with Gasteiger partial charge in [-0.25, -0.2) is 0 Å². The quantitative estimate of drug-likeness (QED) is 0.489. The van der Waals surface area contributed by atoms with E-state index in [4.69, 9.17) is 0 Å². The van der Waals surface area contributed by atoms with Gasteiger partial charge in [-0.2, -0.15) is 0 Å². The molecule has 0 saturated heterocycles. The van der Waals surface area contributed by atoms with Crippen molar-refractivity contribution in [1.82, 2.24) is 0 Å². The smallest absolute Gasteiger partial charge is 0.311 e. The van der Waals surface area contributed by atoms with Crippen molar-refractivity contribution in [3.63, 3.8) is 0 Å². The third-order valence-electron chi connectivity index (χ3n) is 3.24. The molecule has 6 nitrogen and oxygen atoms in total. The number of aliphatic hydroxyl groups excluding tert-OH is 1. The highest BCUT2D eigenvalue weighted by molar-refractivity contribution is 5.73. The first-order valence-electron chi connectivity index (χ1n) is 6.25. The minimum Gasteiger partial charge on any atom is -0.469 e. The zero-order valence-electron chi connectivity index (χ0n) is 11.8. The number of hydrogen-bond acceptors (Lipinski definition) is 5. The lowest BCUT2D eigenvalue weighted by molar-refractivity contribution is -0.563. The van der Waals surface area contributed by atoms with Gasteiger partial charge in [-0.15, -0.1) is 0 Å². The highest BCUT2D eigenvalue weighted by Gasteiger charge is 2.41. The number of rotatable bonds is 6. The Kier molecular flexibility index (Phi) is 5.21. The van der Waals surface area contributed by atoms with Gasteiger partial charge in [0.1, 0.15) is 0 Å². The van der Waals surface area contributed by atoms with E-state index in [1.165, 1.54) is 21.0 Å². The van der Waals surface area contributed by atoms with Crippen LogP contribution in [-0.4, -0.2) is 28.6 Å². The van der Waals surface area contributed by atoms with Crippen LogP contribution in [0.4, 0.5) is 0 Å². The van der Waals surface area contributed by atoms with E-state index in [2.05, 4.69) is 4.74 Å². The number of hydrogen-bond donors (Lipinski definition) is 1. The Morgan fingerprint density at radius 1 is 1.40 bits per heavy atom. The number of nitrogens with zero attached hydrogens (tertiary/aromatic N) is 1. The topological polar surface area (TPSA) is 89.7 Å². The van der Waals surface area contributed by atoms with E-state index in [9.17, 15) is 20.0 Å². The van der Waals surface area contributed by atoms with Crippen LogP contribution in [0.2, 0.25) is 0 Å². The number of esters is 1.